The number of quaternary nitrogens is 1. The predicted molar refractivity (Wildman–Crippen MR) is 228 cm³/mol. The lowest BCUT2D eigenvalue weighted by molar-refractivity contribution is -0.854. The lowest BCUT2D eigenvalue weighted by atomic mass is 9.84. The van der Waals surface area contributed by atoms with E-state index in [1.807, 2.05) is 60.9 Å². The lowest BCUT2D eigenvalue weighted by Crippen LogP contribution is -3.22. The van der Waals surface area contributed by atoms with Crippen molar-refractivity contribution in [3.8, 4) is 0 Å². The van der Waals surface area contributed by atoms with Gasteiger partial charge in [0.1, 0.15) is 29.7 Å². The van der Waals surface area contributed by atoms with Gasteiger partial charge in [-0.15, -0.1) is 0 Å². The molecule has 5 fully saturated rings. The fraction of sp³-hybridized carbons (Fsp3) is 0.522. The van der Waals surface area contributed by atoms with Crippen molar-refractivity contribution in [1.29, 1.82) is 0 Å². The molecule has 2 saturated carbocycles. The van der Waals surface area contributed by atoms with Crippen LogP contribution in [0.4, 0.5) is 0 Å². The van der Waals surface area contributed by atoms with Gasteiger partial charge in [-0.25, -0.2) is 4.79 Å². The molecule has 1 unspecified atom stereocenters. The largest absolute Gasteiger partial charge is 0.361 e. The van der Waals surface area contributed by atoms with Gasteiger partial charge in [-0.05, 0) is 74.8 Å². The minimum absolute atomic E-state index is 0.0868. The third-order valence-corrected chi connectivity index (χ3v) is 14.4. The summed E-state index contributed by atoms with van der Waals surface area (Å²) in [6.45, 7) is 0.427. The maximum absolute atomic E-state index is 15.0. The predicted octanol–water partition coefficient (Wildman–Crippen LogP) is 1.41. The van der Waals surface area contributed by atoms with Crippen LogP contribution in [0.5, 0.6) is 0 Å². The monoisotopic (exact) mass is 832 g/mol. The third-order valence-electron chi connectivity index (χ3n) is 14.4. The van der Waals surface area contributed by atoms with Gasteiger partial charge in [-0.3, -0.25) is 28.9 Å². The second-order valence-corrected chi connectivity index (χ2v) is 18.1. The Kier molecular flexibility index (Phi) is 11.4. The Morgan fingerprint density at radius 2 is 1.31 bits per heavy atom. The highest BCUT2D eigenvalue weighted by Gasteiger charge is 2.56. The summed E-state index contributed by atoms with van der Waals surface area (Å²) in [5, 5.41) is 14.0. The fourth-order valence-electron chi connectivity index (χ4n) is 11.3. The molecule has 8 atom stereocenters. The Morgan fingerprint density at radius 3 is 1.98 bits per heavy atom. The van der Waals surface area contributed by atoms with Crippen molar-refractivity contribution in [3.05, 3.63) is 72.1 Å². The van der Waals surface area contributed by atoms with Crippen LogP contribution in [0, 0.1) is 5.92 Å². The number of hydrogen-bond acceptors (Lipinski definition) is 7. The average Bonchev–Trinajstić information content (AvgIpc) is 4.13. The van der Waals surface area contributed by atoms with Crippen LogP contribution >= 0.6 is 0 Å². The highest BCUT2D eigenvalue weighted by molar-refractivity contribution is 5.99. The number of hydrogen-bond donors (Lipinski definition) is 8. The highest BCUT2D eigenvalue weighted by atomic mass is 16.2. The number of aromatic amines is 2. The van der Waals surface area contributed by atoms with Gasteiger partial charge in [0.05, 0.1) is 6.04 Å². The zero-order valence-electron chi connectivity index (χ0n) is 34.6. The van der Waals surface area contributed by atoms with Crippen LogP contribution in [0.25, 0.3) is 21.8 Å². The molecule has 5 heterocycles. The summed E-state index contributed by atoms with van der Waals surface area (Å²) in [6.07, 6.45) is 11.2. The van der Waals surface area contributed by atoms with Crippen LogP contribution in [0.1, 0.15) is 88.2 Å². The van der Waals surface area contributed by atoms with Gasteiger partial charge in [0.25, 0.3) is 5.91 Å². The van der Waals surface area contributed by atoms with Gasteiger partial charge < -0.3 is 41.9 Å². The first-order valence-corrected chi connectivity index (χ1v) is 22.4. The van der Waals surface area contributed by atoms with Crippen LogP contribution in [-0.4, -0.2) is 105 Å². The molecule has 9 rings (SSSR count). The van der Waals surface area contributed by atoms with Crippen molar-refractivity contribution in [2.45, 2.75) is 132 Å². The highest BCUT2D eigenvalue weighted by Crippen LogP contribution is 2.33. The molecule has 0 radical (unpaired) electrons. The number of fused-ring (bicyclic) bond motifs is 6. The number of H-pyrrole nitrogens is 2. The first-order chi connectivity index (χ1) is 29.6. The van der Waals surface area contributed by atoms with E-state index in [1.54, 1.807) is 4.90 Å². The standard InChI is InChI=1S/C46H57N9O6/c47-20-17-34-43(59)54-21-9-16-38(54)44(60)55-37-15-6-1-10-27(37)24-39(55)42(58)51-36(23-29-26-49-33-14-5-3-12-31(29)33)41(57)53-46(18-7-8-19-46)45(61)52-35(40(56)50-34)22-28-25-48-32-13-4-2-11-30(28)32/h2-5,11-14,25-27,34-39,48-49H,1,6-10,15-24,47H2,(H,50,56)(H,51,58)(H,52,61)(H,53,57)/p+1/t27-,34-,35-,36-,37-,38+,39-/m0/s1. The number of benzene rings is 2. The third kappa shape index (κ3) is 7.82. The van der Waals surface area contributed by atoms with Crippen molar-refractivity contribution < 1.29 is 33.7 Å². The van der Waals surface area contributed by atoms with Gasteiger partial charge in [0.15, 0.2) is 6.04 Å². The van der Waals surface area contributed by atoms with E-state index in [0.717, 1.165) is 58.6 Å². The molecule has 15 nitrogen and oxygen atoms in total. The van der Waals surface area contributed by atoms with E-state index in [9.17, 15) is 24.0 Å². The Morgan fingerprint density at radius 1 is 0.689 bits per heavy atom. The fourth-order valence-corrected chi connectivity index (χ4v) is 11.3. The number of para-hydroxylation sites is 2. The number of nitrogens with two attached hydrogens (primary N) is 1. The van der Waals surface area contributed by atoms with Gasteiger partial charge in [0, 0.05) is 72.3 Å². The van der Waals surface area contributed by atoms with E-state index in [0.29, 0.717) is 56.4 Å². The summed E-state index contributed by atoms with van der Waals surface area (Å²) >= 11 is 0. The molecule has 322 valence electrons. The molecule has 2 aliphatic carbocycles. The number of amides is 6. The molecule has 3 saturated heterocycles. The van der Waals surface area contributed by atoms with Crippen LogP contribution < -0.4 is 31.9 Å². The molecule has 61 heavy (non-hydrogen) atoms. The second-order valence-electron chi connectivity index (χ2n) is 18.1. The average molecular weight is 833 g/mol. The molecule has 6 amide bonds. The number of carbonyl (C=O) groups is 6. The zero-order chi connectivity index (χ0) is 42.3. The van der Waals surface area contributed by atoms with E-state index >= 15 is 4.79 Å². The van der Waals surface area contributed by atoms with Crippen molar-refractivity contribution in [1.82, 2.24) is 36.1 Å². The van der Waals surface area contributed by atoms with Crippen molar-refractivity contribution in [2.24, 2.45) is 11.7 Å². The molecular weight excluding hydrogens is 775 g/mol. The Labute approximate surface area is 354 Å². The van der Waals surface area contributed by atoms with E-state index < -0.39 is 59.4 Å². The van der Waals surface area contributed by atoms with Crippen molar-refractivity contribution >= 4 is 57.2 Å². The Hall–Kier alpha value is -5.54. The van der Waals surface area contributed by atoms with Crippen LogP contribution in [0.15, 0.2) is 60.9 Å². The number of rotatable bonds is 6. The smallest absolute Gasteiger partial charge is 0.335 e. The molecule has 15 heteroatoms. The van der Waals surface area contributed by atoms with Gasteiger partial charge in [-0.2, -0.15) is 0 Å². The second kappa shape index (κ2) is 17.1. The van der Waals surface area contributed by atoms with Gasteiger partial charge >= 0.3 is 5.91 Å². The molecule has 3 aliphatic heterocycles. The van der Waals surface area contributed by atoms with E-state index in [1.165, 1.54) is 0 Å². The molecule has 2 aromatic heterocycles. The maximum atomic E-state index is 15.0. The molecule has 9 N–H and O–H groups in total. The molecule has 4 aromatic rings. The van der Waals surface area contributed by atoms with Crippen LogP contribution in [-0.2, 0) is 41.6 Å². The SMILES string of the molecule is NCC[C@@H]1NC(=O)[C@H](Cc2c[nH]c3ccccc23)NC(=O)C2(CCCC2)NC(=O)[C@H](Cc2c[nH]c3ccccc23)NC(=O)[C@@H]2C[C@@H]3CCCC[C@@H]3[NH+]2C(=O)[C@H]2CCCN2C1=O. The summed E-state index contributed by atoms with van der Waals surface area (Å²) < 4.78 is 0. The minimum Gasteiger partial charge on any atom is -0.361 e. The quantitative estimate of drug-likeness (QED) is 0.143. The maximum Gasteiger partial charge on any atom is 0.335 e. The first kappa shape index (κ1) is 40.8. The van der Waals surface area contributed by atoms with E-state index in [-0.39, 0.29) is 49.6 Å². The minimum atomic E-state index is -1.37. The molecule has 0 bridgehead atoms. The van der Waals surface area contributed by atoms with E-state index in [4.69, 9.17) is 5.73 Å². The summed E-state index contributed by atoms with van der Waals surface area (Å²) in [5.74, 6) is -2.39. The number of nitrogens with one attached hydrogen (secondary N) is 7. The van der Waals surface area contributed by atoms with Crippen LogP contribution in [0.3, 0.4) is 0 Å². The topological polar surface area (TPSA) is 216 Å². The van der Waals surface area contributed by atoms with Crippen molar-refractivity contribution in [3.63, 3.8) is 0 Å². The molecular formula is C46H58N9O6+. The molecule has 5 aliphatic rings. The van der Waals surface area contributed by atoms with Crippen molar-refractivity contribution in [2.75, 3.05) is 13.1 Å². The molecule has 1 spiro atoms. The van der Waals surface area contributed by atoms with Gasteiger partial charge in [-0.1, -0.05) is 55.7 Å². The summed E-state index contributed by atoms with van der Waals surface area (Å²) in [6, 6.07) is 10.5. The first-order valence-electron chi connectivity index (χ1n) is 22.4. The van der Waals surface area contributed by atoms with E-state index in [2.05, 4.69) is 31.2 Å². The summed E-state index contributed by atoms with van der Waals surface area (Å²) in [5.41, 5.74) is 8.08. The number of carbonyl (C=O) groups excluding carboxylic acids is 6. The number of nitrogens with zero attached hydrogens (tertiary/aromatic N) is 1. The molecule has 2 aromatic carbocycles. The summed E-state index contributed by atoms with van der Waals surface area (Å²) in [7, 11) is 0. The summed E-state index contributed by atoms with van der Waals surface area (Å²) in [4.78, 5) is 97.4. The number of aromatic nitrogens is 2. The van der Waals surface area contributed by atoms with Gasteiger partial charge in [0.2, 0.25) is 23.6 Å². The normalized spacial score (nSPS) is 30.0. The lowest BCUT2D eigenvalue weighted by Gasteiger charge is -2.35. The Balaban J connectivity index is 1.12. The van der Waals surface area contributed by atoms with Crippen LogP contribution in [0.2, 0.25) is 0 Å². The zero-order valence-corrected chi connectivity index (χ0v) is 34.6. The Bertz CT molecular complexity index is 2330.